The smallest absolute Gasteiger partial charge is 0.272 e. The van der Waals surface area contributed by atoms with Gasteiger partial charge in [-0.1, -0.05) is 0 Å². The van der Waals surface area contributed by atoms with Gasteiger partial charge in [0.25, 0.3) is 5.91 Å². The molecule has 0 atom stereocenters. The van der Waals surface area contributed by atoms with Crippen LogP contribution in [0.1, 0.15) is 10.5 Å². The Kier molecular flexibility index (Phi) is 6.80. The van der Waals surface area contributed by atoms with E-state index >= 15 is 0 Å². The van der Waals surface area contributed by atoms with Crippen molar-refractivity contribution < 1.29 is 14.3 Å². The number of hydrogen-bond acceptors (Lipinski definition) is 6. The van der Waals surface area contributed by atoms with Gasteiger partial charge in [-0.3, -0.25) is 15.6 Å². The Morgan fingerprint density at radius 3 is 2.53 bits per heavy atom. The maximum atomic E-state index is 12.3. The van der Waals surface area contributed by atoms with Crippen LogP contribution in [-0.4, -0.2) is 56.3 Å². The van der Waals surface area contributed by atoms with Gasteiger partial charge in [-0.05, 0) is 12.1 Å². The van der Waals surface area contributed by atoms with Crippen molar-refractivity contribution >= 4 is 11.6 Å². The molecule has 3 N–H and O–H groups in total. The SMILES string of the molecule is COCCN(CCOC)C(=O)c1cc(NN)ccn1. The molecule has 106 valence electrons. The third-order valence-electron chi connectivity index (χ3n) is 2.56. The highest BCUT2D eigenvalue weighted by Crippen LogP contribution is 2.08. The average molecular weight is 268 g/mol. The zero-order chi connectivity index (χ0) is 14.1. The Balaban J connectivity index is 2.77. The van der Waals surface area contributed by atoms with E-state index in [1.54, 1.807) is 31.3 Å². The molecule has 0 aliphatic heterocycles. The number of aromatic nitrogens is 1. The summed E-state index contributed by atoms with van der Waals surface area (Å²) < 4.78 is 9.99. The molecule has 1 aromatic heterocycles. The van der Waals surface area contributed by atoms with Crippen LogP contribution in [0.15, 0.2) is 18.3 Å². The first-order valence-corrected chi connectivity index (χ1v) is 5.92. The second-order valence-corrected chi connectivity index (χ2v) is 3.85. The summed E-state index contributed by atoms with van der Waals surface area (Å²) in [5.74, 6) is 5.14. The van der Waals surface area contributed by atoms with Crippen LogP contribution in [0.25, 0.3) is 0 Å². The number of anilines is 1. The summed E-state index contributed by atoms with van der Waals surface area (Å²) in [4.78, 5) is 18.0. The maximum absolute atomic E-state index is 12.3. The van der Waals surface area contributed by atoms with Crippen LogP contribution in [0.5, 0.6) is 0 Å². The molecule has 1 amide bonds. The highest BCUT2D eigenvalue weighted by atomic mass is 16.5. The maximum Gasteiger partial charge on any atom is 0.272 e. The number of carbonyl (C=O) groups is 1. The van der Waals surface area contributed by atoms with Crippen LogP contribution in [0.3, 0.4) is 0 Å². The predicted octanol–water partition coefficient (Wildman–Crippen LogP) is 0.102. The summed E-state index contributed by atoms with van der Waals surface area (Å²) in [6, 6.07) is 3.29. The van der Waals surface area contributed by atoms with Crippen molar-refractivity contribution in [3.05, 3.63) is 24.0 Å². The van der Waals surface area contributed by atoms with Crippen molar-refractivity contribution in [1.29, 1.82) is 0 Å². The fraction of sp³-hybridized carbons (Fsp3) is 0.500. The Hall–Kier alpha value is -1.70. The molecular weight excluding hydrogens is 248 g/mol. The van der Waals surface area contributed by atoms with Crippen LogP contribution in [-0.2, 0) is 9.47 Å². The second kappa shape index (κ2) is 8.41. The van der Waals surface area contributed by atoms with Crippen LogP contribution in [0.4, 0.5) is 5.69 Å². The van der Waals surface area contributed by atoms with Crippen molar-refractivity contribution in [1.82, 2.24) is 9.88 Å². The van der Waals surface area contributed by atoms with Gasteiger partial charge in [-0.2, -0.15) is 0 Å². The number of carbonyl (C=O) groups excluding carboxylic acids is 1. The minimum atomic E-state index is -0.175. The van der Waals surface area contributed by atoms with Gasteiger partial charge in [-0.15, -0.1) is 0 Å². The second-order valence-electron chi connectivity index (χ2n) is 3.85. The average Bonchev–Trinajstić information content (AvgIpc) is 2.47. The van der Waals surface area contributed by atoms with Gasteiger partial charge in [0.2, 0.25) is 0 Å². The molecule has 0 aliphatic rings. The molecule has 0 saturated heterocycles. The van der Waals surface area contributed by atoms with Gasteiger partial charge in [0.1, 0.15) is 5.69 Å². The zero-order valence-corrected chi connectivity index (χ0v) is 11.3. The van der Waals surface area contributed by atoms with Crippen molar-refractivity contribution in [2.45, 2.75) is 0 Å². The van der Waals surface area contributed by atoms with Gasteiger partial charge >= 0.3 is 0 Å². The predicted molar refractivity (Wildman–Crippen MR) is 71.7 cm³/mol. The summed E-state index contributed by atoms with van der Waals surface area (Å²) >= 11 is 0. The van der Waals surface area contributed by atoms with E-state index in [4.69, 9.17) is 15.3 Å². The van der Waals surface area contributed by atoms with E-state index in [9.17, 15) is 4.79 Å². The third kappa shape index (κ3) is 4.82. The minimum Gasteiger partial charge on any atom is -0.383 e. The van der Waals surface area contributed by atoms with Gasteiger partial charge in [0.15, 0.2) is 0 Å². The third-order valence-corrected chi connectivity index (χ3v) is 2.56. The number of nitrogen functional groups attached to an aromatic ring is 1. The van der Waals surface area contributed by atoms with Crippen molar-refractivity contribution in [3.63, 3.8) is 0 Å². The fourth-order valence-electron chi connectivity index (χ4n) is 1.52. The molecule has 0 radical (unpaired) electrons. The molecule has 0 saturated carbocycles. The number of pyridine rings is 1. The molecule has 7 nitrogen and oxygen atoms in total. The topological polar surface area (TPSA) is 89.7 Å². The number of nitrogens with one attached hydrogen (secondary N) is 1. The first kappa shape index (κ1) is 15.4. The van der Waals surface area contributed by atoms with E-state index in [0.29, 0.717) is 37.7 Å². The molecule has 1 aromatic rings. The molecule has 0 unspecified atom stereocenters. The summed E-state index contributed by atoms with van der Waals surface area (Å²) in [5.41, 5.74) is 3.46. The molecule has 7 heteroatoms. The number of hydrogen-bond donors (Lipinski definition) is 2. The van der Waals surface area contributed by atoms with E-state index in [0.717, 1.165) is 0 Å². The molecule has 0 aliphatic carbocycles. The highest BCUT2D eigenvalue weighted by molar-refractivity contribution is 5.93. The first-order valence-electron chi connectivity index (χ1n) is 5.92. The quantitative estimate of drug-likeness (QED) is 0.513. The molecule has 0 aromatic carbocycles. The summed E-state index contributed by atoms with van der Waals surface area (Å²) in [7, 11) is 3.19. The lowest BCUT2D eigenvalue weighted by Crippen LogP contribution is -2.37. The van der Waals surface area contributed by atoms with Crippen molar-refractivity contribution in [3.8, 4) is 0 Å². The lowest BCUT2D eigenvalue weighted by molar-refractivity contribution is 0.0622. The molecule has 1 rings (SSSR count). The number of rotatable bonds is 8. The number of amides is 1. The number of nitrogens with zero attached hydrogens (tertiary/aromatic N) is 2. The summed E-state index contributed by atoms with van der Waals surface area (Å²) in [6.45, 7) is 1.90. The lowest BCUT2D eigenvalue weighted by atomic mass is 10.3. The summed E-state index contributed by atoms with van der Waals surface area (Å²) in [5, 5.41) is 0. The zero-order valence-electron chi connectivity index (χ0n) is 11.3. The van der Waals surface area contributed by atoms with E-state index in [1.807, 2.05) is 0 Å². The number of nitrogens with two attached hydrogens (primary N) is 1. The Morgan fingerprint density at radius 2 is 2.00 bits per heavy atom. The van der Waals surface area contributed by atoms with E-state index in [-0.39, 0.29) is 5.91 Å². The molecule has 19 heavy (non-hydrogen) atoms. The van der Waals surface area contributed by atoms with E-state index in [1.165, 1.54) is 6.20 Å². The Morgan fingerprint density at radius 1 is 1.37 bits per heavy atom. The number of ether oxygens (including phenoxy) is 2. The Labute approximate surface area is 112 Å². The number of hydrazine groups is 1. The van der Waals surface area contributed by atoms with Gasteiger partial charge < -0.3 is 19.8 Å². The van der Waals surface area contributed by atoms with Crippen LogP contribution in [0, 0.1) is 0 Å². The van der Waals surface area contributed by atoms with Gasteiger partial charge in [0.05, 0.1) is 18.9 Å². The largest absolute Gasteiger partial charge is 0.383 e. The van der Waals surface area contributed by atoms with Crippen LogP contribution >= 0.6 is 0 Å². The normalized spacial score (nSPS) is 10.3. The van der Waals surface area contributed by atoms with Gasteiger partial charge in [-0.25, -0.2) is 0 Å². The monoisotopic (exact) mass is 268 g/mol. The number of methoxy groups -OCH3 is 2. The fourth-order valence-corrected chi connectivity index (χ4v) is 1.52. The molecule has 0 fully saturated rings. The first-order chi connectivity index (χ1) is 9.22. The molecular formula is C12H20N4O3. The van der Waals surface area contributed by atoms with E-state index in [2.05, 4.69) is 10.4 Å². The Bertz CT molecular complexity index is 392. The van der Waals surface area contributed by atoms with Crippen molar-refractivity contribution in [2.75, 3.05) is 45.9 Å². The molecule has 0 bridgehead atoms. The van der Waals surface area contributed by atoms with Crippen LogP contribution < -0.4 is 11.3 Å². The van der Waals surface area contributed by atoms with E-state index < -0.39 is 0 Å². The standard InChI is InChI=1S/C12H20N4O3/c1-18-7-5-16(6-8-19-2)12(17)11-9-10(15-13)3-4-14-11/h3-4,9H,5-8,13H2,1-2H3,(H,14,15). The van der Waals surface area contributed by atoms with Crippen molar-refractivity contribution in [2.24, 2.45) is 5.84 Å². The lowest BCUT2D eigenvalue weighted by Gasteiger charge is -2.21. The minimum absolute atomic E-state index is 0.175. The molecule has 1 heterocycles. The molecule has 0 spiro atoms. The van der Waals surface area contributed by atoms with Crippen LogP contribution in [0.2, 0.25) is 0 Å². The highest BCUT2D eigenvalue weighted by Gasteiger charge is 2.16. The van der Waals surface area contributed by atoms with Gasteiger partial charge in [0, 0.05) is 33.5 Å². The summed E-state index contributed by atoms with van der Waals surface area (Å²) in [6.07, 6.45) is 1.53.